The van der Waals surface area contributed by atoms with Crippen LogP contribution in [0.5, 0.6) is 5.75 Å². The summed E-state index contributed by atoms with van der Waals surface area (Å²) in [5.74, 6) is -0.449. The first-order valence-corrected chi connectivity index (χ1v) is 6.84. The largest absolute Gasteiger partial charge is 0.492 e. The average Bonchev–Trinajstić information content (AvgIpc) is 2.37. The Hall–Kier alpha value is -1.63. The third-order valence-corrected chi connectivity index (χ3v) is 2.79. The molecule has 21 heavy (non-hydrogen) atoms. The van der Waals surface area contributed by atoms with E-state index in [-0.39, 0.29) is 5.56 Å². The molecule has 0 fully saturated rings. The summed E-state index contributed by atoms with van der Waals surface area (Å²) in [7, 11) is 3.82. The molecule has 0 aliphatic rings. The van der Waals surface area contributed by atoms with Crippen molar-refractivity contribution in [3.8, 4) is 5.75 Å². The summed E-state index contributed by atoms with van der Waals surface area (Å²) in [5, 5.41) is 22.1. The van der Waals surface area contributed by atoms with Crippen LogP contribution in [0.2, 0.25) is 0 Å². The molecule has 1 unspecified atom stereocenters. The van der Waals surface area contributed by atoms with Crippen molar-refractivity contribution in [1.82, 2.24) is 10.2 Å². The summed E-state index contributed by atoms with van der Waals surface area (Å²) >= 11 is 0. The normalized spacial score (nSPS) is 14.0. The summed E-state index contributed by atoms with van der Waals surface area (Å²) in [4.78, 5) is 12.8. The number of rotatable bonds is 9. The lowest BCUT2D eigenvalue weighted by Gasteiger charge is -2.27. The molecule has 0 saturated carbocycles. The zero-order valence-corrected chi connectivity index (χ0v) is 12.8. The average molecular weight is 296 g/mol. The zero-order valence-electron chi connectivity index (χ0n) is 12.8. The summed E-state index contributed by atoms with van der Waals surface area (Å²) in [5.41, 5.74) is -0.596. The zero-order chi connectivity index (χ0) is 15.9. The van der Waals surface area contributed by atoms with Crippen molar-refractivity contribution in [2.24, 2.45) is 0 Å². The predicted molar refractivity (Wildman–Crippen MR) is 80.9 cm³/mol. The molecule has 0 amide bonds. The number of hydrogen-bond acceptors (Lipinski definition) is 5. The Labute approximate surface area is 125 Å². The molecular formula is C15H24N2O4. The Kier molecular flexibility index (Phi) is 6.61. The molecule has 0 aliphatic heterocycles. The molecule has 0 aromatic heterocycles. The number of aliphatic hydroxyl groups is 1. The summed E-state index contributed by atoms with van der Waals surface area (Å²) < 4.78 is 5.47. The van der Waals surface area contributed by atoms with Gasteiger partial charge in [-0.25, -0.2) is 4.79 Å². The van der Waals surface area contributed by atoms with Gasteiger partial charge in [-0.2, -0.15) is 0 Å². The number of nitrogens with one attached hydrogen (secondary N) is 1. The fraction of sp³-hybridized carbons (Fsp3) is 0.533. The summed E-state index contributed by atoms with van der Waals surface area (Å²) in [6.07, 6.45) is 0. The second-order valence-electron chi connectivity index (χ2n) is 5.59. The van der Waals surface area contributed by atoms with E-state index in [1.54, 1.807) is 19.1 Å². The van der Waals surface area contributed by atoms with Crippen LogP contribution in [-0.2, 0) is 0 Å². The van der Waals surface area contributed by atoms with Gasteiger partial charge in [-0.05, 0) is 39.2 Å². The van der Waals surface area contributed by atoms with E-state index in [4.69, 9.17) is 9.84 Å². The molecule has 0 heterocycles. The van der Waals surface area contributed by atoms with Crippen LogP contribution in [0.1, 0.15) is 17.3 Å². The molecule has 1 atom stereocenters. The van der Waals surface area contributed by atoms with Crippen molar-refractivity contribution >= 4 is 5.97 Å². The molecule has 3 N–H and O–H groups in total. The highest BCUT2D eigenvalue weighted by Gasteiger charge is 2.20. The second kappa shape index (κ2) is 7.97. The van der Waals surface area contributed by atoms with Crippen LogP contribution < -0.4 is 10.1 Å². The first-order chi connectivity index (χ1) is 9.80. The van der Waals surface area contributed by atoms with Crippen molar-refractivity contribution in [1.29, 1.82) is 0 Å². The highest BCUT2D eigenvalue weighted by atomic mass is 16.5. The third-order valence-electron chi connectivity index (χ3n) is 2.79. The molecule has 1 aromatic rings. The number of aromatic carboxylic acids is 1. The first-order valence-electron chi connectivity index (χ1n) is 6.84. The van der Waals surface area contributed by atoms with Crippen molar-refractivity contribution < 1.29 is 19.7 Å². The minimum atomic E-state index is -0.974. The number of carboxylic acid groups (broad SMARTS) is 1. The van der Waals surface area contributed by atoms with E-state index in [1.807, 2.05) is 19.0 Å². The van der Waals surface area contributed by atoms with Gasteiger partial charge < -0.3 is 25.2 Å². The molecule has 0 aliphatic carbocycles. The number of nitrogens with zero attached hydrogens (tertiary/aromatic N) is 1. The van der Waals surface area contributed by atoms with Gasteiger partial charge in [-0.1, -0.05) is 6.07 Å². The summed E-state index contributed by atoms with van der Waals surface area (Å²) in [6, 6.07) is 6.37. The fourth-order valence-corrected chi connectivity index (χ4v) is 2.05. The molecule has 0 radical (unpaired) electrons. The SMILES string of the molecule is CN(C)CC(C)(O)CNCCOc1cccc(C(=O)O)c1. The van der Waals surface area contributed by atoms with Crippen LogP contribution in [0.25, 0.3) is 0 Å². The Morgan fingerprint density at radius 3 is 2.76 bits per heavy atom. The number of hydrogen-bond donors (Lipinski definition) is 3. The van der Waals surface area contributed by atoms with E-state index in [2.05, 4.69) is 5.32 Å². The van der Waals surface area contributed by atoms with E-state index >= 15 is 0 Å². The molecule has 1 aromatic carbocycles. The Morgan fingerprint density at radius 1 is 1.43 bits per heavy atom. The molecule has 0 saturated heterocycles. The van der Waals surface area contributed by atoms with Crippen LogP contribution in [0, 0.1) is 0 Å². The number of benzene rings is 1. The van der Waals surface area contributed by atoms with E-state index in [1.165, 1.54) is 12.1 Å². The maximum absolute atomic E-state index is 10.8. The first kappa shape index (κ1) is 17.4. The predicted octanol–water partition coefficient (Wildman–Crippen LogP) is 0.666. The second-order valence-corrected chi connectivity index (χ2v) is 5.59. The van der Waals surface area contributed by atoms with E-state index in [0.717, 1.165) is 0 Å². The van der Waals surface area contributed by atoms with Crippen molar-refractivity contribution in [3.63, 3.8) is 0 Å². The van der Waals surface area contributed by atoms with Gasteiger partial charge >= 0.3 is 5.97 Å². The molecule has 0 spiro atoms. The third kappa shape index (κ3) is 7.08. The Balaban J connectivity index is 2.28. The molecule has 6 nitrogen and oxygen atoms in total. The van der Waals surface area contributed by atoms with E-state index < -0.39 is 11.6 Å². The van der Waals surface area contributed by atoms with Gasteiger partial charge in [0.05, 0.1) is 11.2 Å². The van der Waals surface area contributed by atoms with Crippen LogP contribution in [0.3, 0.4) is 0 Å². The highest BCUT2D eigenvalue weighted by Crippen LogP contribution is 2.13. The van der Waals surface area contributed by atoms with Gasteiger partial charge in [0.15, 0.2) is 0 Å². The summed E-state index contributed by atoms with van der Waals surface area (Å²) in [6.45, 7) is 3.78. The molecule has 118 valence electrons. The van der Waals surface area contributed by atoms with E-state index in [9.17, 15) is 9.90 Å². The Bertz CT molecular complexity index is 461. The minimum absolute atomic E-state index is 0.203. The van der Waals surface area contributed by atoms with Crippen molar-refractivity contribution in [3.05, 3.63) is 29.8 Å². The smallest absolute Gasteiger partial charge is 0.335 e. The van der Waals surface area contributed by atoms with Crippen LogP contribution in [-0.4, -0.2) is 67.0 Å². The van der Waals surface area contributed by atoms with Gasteiger partial charge in [-0.15, -0.1) is 0 Å². The quantitative estimate of drug-likeness (QED) is 0.581. The maximum atomic E-state index is 10.8. The number of ether oxygens (including phenoxy) is 1. The van der Waals surface area contributed by atoms with Crippen molar-refractivity contribution in [2.75, 3.05) is 40.3 Å². The number of carbonyl (C=O) groups is 1. The fourth-order valence-electron chi connectivity index (χ4n) is 2.05. The van der Waals surface area contributed by atoms with Crippen molar-refractivity contribution in [2.45, 2.75) is 12.5 Å². The van der Waals surface area contributed by atoms with E-state index in [0.29, 0.717) is 32.0 Å². The highest BCUT2D eigenvalue weighted by molar-refractivity contribution is 5.87. The topological polar surface area (TPSA) is 82.0 Å². The molecule has 6 heteroatoms. The van der Waals surface area contributed by atoms with Crippen LogP contribution in [0.15, 0.2) is 24.3 Å². The minimum Gasteiger partial charge on any atom is -0.492 e. The lowest BCUT2D eigenvalue weighted by atomic mass is 10.1. The van der Waals surface area contributed by atoms with Gasteiger partial charge in [0.25, 0.3) is 0 Å². The maximum Gasteiger partial charge on any atom is 0.335 e. The Morgan fingerprint density at radius 2 is 2.14 bits per heavy atom. The van der Waals surface area contributed by atoms with Crippen LogP contribution in [0.4, 0.5) is 0 Å². The molecule has 0 bridgehead atoms. The lowest BCUT2D eigenvalue weighted by Crippen LogP contribution is -2.46. The van der Waals surface area contributed by atoms with Gasteiger partial charge in [0.2, 0.25) is 0 Å². The van der Waals surface area contributed by atoms with Gasteiger partial charge in [0, 0.05) is 19.6 Å². The number of carboxylic acids is 1. The monoisotopic (exact) mass is 296 g/mol. The molecule has 1 rings (SSSR count). The molecular weight excluding hydrogens is 272 g/mol. The van der Waals surface area contributed by atoms with Crippen LogP contribution >= 0.6 is 0 Å². The lowest BCUT2D eigenvalue weighted by molar-refractivity contribution is 0.0333. The number of likely N-dealkylation sites (N-methyl/N-ethyl adjacent to an activating group) is 1. The van der Waals surface area contributed by atoms with Gasteiger partial charge in [-0.3, -0.25) is 0 Å². The standard InChI is InChI=1S/C15H24N2O4/c1-15(20,11-17(2)3)10-16-7-8-21-13-6-4-5-12(9-13)14(18)19/h4-6,9,16,20H,7-8,10-11H2,1-3H3,(H,18,19). The van der Waals surface area contributed by atoms with Gasteiger partial charge in [0.1, 0.15) is 12.4 Å².